The molecule has 4 atom stereocenters. The number of carbonyl (C=O) groups is 1. The van der Waals surface area contributed by atoms with Crippen LogP contribution in [0.2, 0.25) is 0 Å². The summed E-state index contributed by atoms with van der Waals surface area (Å²) >= 11 is 0. The highest BCUT2D eigenvalue weighted by Gasteiger charge is 2.49. The fourth-order valence-corrected chi connectivity index (χ4v) is 2.57. The third kappa shape index (κ3) is 5.07. The quantitative estimate of drug-likeness (QED) is 0.439. The number of aliphatic carboxylic acids is 1. The summed E-state index contributed by atoms with van der Waals surface area (Å²) in [6, 6.07) is 0. The van der Waals surface area contributed by atoms with Gasteiger partial charge in [0.05, 0.1) is 31.2 Å². The Labute approximate surface area is 125 Å². The second-order valence-corrected chi connectivity index (χ2v) is 5.43. The lowest BCUT2D eigenvalue weighted by molar-refractivity contribution is -0.184. The van der Waals surface area contributed by atoms with Crippen LogP contribution in [0.15, 0.2) is 12.2 Å². The van der Waals surface area contributed by atoms with Crippen molar-refractivity contribution >= 4 is 5.97 Å². The van der Waals surface area contributed by atoms with E-state index >= 15 is 0 Å². The minimum Gasteiger partial charge on any atom is -0.481 e. The van der Waals surface area contributed by atoms with Crippen LogP contribution < -0.4 is 0 Å². The monoisotopic (exact) mass is 302 g/mol. The van der Waals surface area contributed by atoms with E-state index in [9.17, 15) is 15.0 Å². The van der Waals surface area contributed by atoms with Gasteiger partial charge < -0.3 is 24.8 Å². The van der Waals surface area contributed by atoms with Gasteiger partial charge in [0, 0.05) is 7.11 Å². The number of hydrogen-bond donors (Lipinski definition) is 3. The first-order valence-electron chi connectivity index (χ1n) is 7.41. The molecule has 0 aromatic carbocycles. The minimum atomic E-state index is -1.29. The van der Waals surface area contributed by atoms with E-state index in [1.165, 1.54) is 13.2 Å². The van der Waals surface area contributed by atoms with Crippen LogP contribution in [0, 0.1) is 5.92 Å². The Hall–Kier alpha value is -0.950. The first-order chi connectivity index (χ1) is 9.95. The summed E-state index contributed by atoms with van der Waals surface area (Å²) in [4.78, 5) is 10.9. The molecule has 0 saturated carbocycles. The van der Waals surface area contributed by atoms with Gasteiger partial charge in [0.25, 0.3) is 0 Å². The second-order valence-electron chi connectivity index (χ2n) is 5.43. The lowest BCUT2D eigenvalue weighted by Crippen LogP contribution is -2.40. The topological polar surface area (TPSA) is 96.2 Å². The van der Waals surface area contributed by atoms with Gasteiger partial charge in [0.15, 0.2) is 5.79 Å². The van der Waals surface area contributed by atoms with Crippen LogP contribution in [0.5, 0.6) is 0 Å². The molecule has 1 aliphatic rings. The Balaban J connectivity index is 2.71. The van der Waals surface area contributed by atoms with Crippen molar-refractivity contribution in [3.63, 3.8) is 0 Å². The van der Waals surface area contributed by atoms with E-state index in [1.54, 1.807) is 6.08 Å². The standard InChI is InChI=1S/C15H26O6/c1-3-4-5-6-11(16)7-8-15(20-2)12(9-14(18)19)13(17)10-21-15/h7-8,11-13,16-17H,3-6,9-10H2,1-2H3,(H,18,19)/t11?,12-,13-,15+/m1/s1. The van der Waals surface area contributed by atoms with Crippen molar-refractivity contribution in [1.29, 1.82) is 0 Å². The Morgan fingerprint density at radius 3 is 2.81 bits per heavy atom. The SMILES string of the molecule is CCCCCC(O)C=C[C@]1(OC)OC[C@@H](O)[C@H]1CC(=O)O. The summed E-state index contributed by atoms with van der Waals surface area (Å²) in [6.45, 7) is 2.11. The van der Waals surface area contributed by atoms with Gasteiger partial charge in [-0.25, -0.2) is 0 Å². The fraction of sp³-hybridized carbons (Fsp3) is 0.800. The minimum absolute atomic E-state index is 0.0159. The molecule has 1 heterocycles. The normalized spacial score (nSPS) is 30.9. The number of unbranched alkanes of at least 4 members (excludes halogenated alkanes) is 2. The molecule has 1 unspecified atom stereocenters. The number of carboxylic acid groups (broad SMARTS) is 1. The maximum atomic E-state index is 10.9. The summed E-state index contributed by atoms with van der Waals surface area (Å²) in [6.07, 6.45) is 5.00. The van der Waals surface area contributed by atoms with Gasteiger partial charge in [-0.1, -0.05) is 32.3 Å². The Kier molecular flexibility index (Phi) is 7.31. The second kappa shape index (κ2) is 8.48. The Morgan fingerprint density at radius 1 is 1.52 bits per heavy atom. The van der Waals surface area contributed by atoms with Crippen LogP contribution in [0.25, 0.3) is 0 Å². The van der Waals surface area contributed by atoms with Crippen LogP contribution in [-0.2, 0) is 14.3 Å². The molecule has 6 heteroatoms. The summed E-state index contributed by atoms with van der Waals surface area (Å²) in [5.41, 5.74) is 0. The van der Waals surface area contributed by atoms with E-state index in [2.05, 4.69) is 6.92 Å². The molecule has 6 nitrogen and oxygen atoms in total. The average molecular weight is 302 g/mol. The van der Waals surface area contributed by atoms with Gasteiger partial charge in [-0.2, -0.15) is 0 Å². The Morgan fingerprint density at radius 2 is 2.24 bits per heavy atom. The zero-order valence-electron chi connectivity index (χ0n) is 12.7. The molecule has 1 aliphatic heterocycles. The largest absolute Gasteiger partial charge is 0.481 e. The zero-order valence-corrected chi connectivity index (χ0v) is 12.7. The number of hydrogen-bond acceptors (Lipinski definition) is 5. The number of methoxy groups -OCH3 is 1. The summed E-state index contributed by atoms with van der Waals surface area (Å²) in [7, 11) is 1.40. The average Bonchev–Trinajstić information content (AvgIpc) is 2.74. The smallest absolute Gasteiger partial charge is 0.303 e. The third-order valence-corrected chi connectivity index (χ3v) is 3.83. The van der Waals surface area contributed by atoms with Gasteiger partial charge in [-0.15, -0.1) is 0 Å². The van der Waals surface area contributed by atoms with Gasteiger partial charge in [0.1, 0.15) is 0 Å². The molecule has 0 spiro atoms. The van der Waals surface area contributed by atoms with Crippen molar-refractivity contribution in [3.8, 4) is 0 Å². The molecule has 0 amide bonds. The lowest BCUT2D eigenvalue weighted by Gasteiger charge is -2.30. The van der Waals surface area contributed by atoms with E-state index < -0.39 is 29.9 Å². The first kappa shape index (κ1) is 18.1. The summed E-state index contributed by atoms with van der Waals surface area (Å²) in [5.74, 6) is -3.01. The first-order valence-corrected chi connectivity index (χ1v) is 7.41. The molecule has 3 N–H and O–H groups in total. The third-order valence-electron chi connectivity index (χ3n) is 3.83. The maximum Gasteiger partial charge on any atom is 0.303 e. The summed E-state index contributed by atoms with van der Waals surface area (Å²) in [5, 5.41) is 28.7. The van der Waals surface area contributed by atoms with Crippen molar-refractivity contribution in [1.82, 2.24) is 0 Å². The van der Waals surface area contributed by atoms with Crippen molar-refractivity contribution in [2.75, 3.05) is 13.7 Å². The van der Waals surface area contributed by atoms with Gasteiger partial charge in [0.2, 0.25) is 0 Å². The molecule has 0 aliphatic carbocycles. The van der Waals surface area contributed by atoms with Gasteiger partial charge in [-0.05, 0) is 12.5 Å². The highest BCUT2D eigenvalue weighted by Crippen LogP contribution is 2.37. The number of aliphatic hydroxyl groups excluding tert-OH is 2. The molecule has 1 fully saturated rings. The van der Waals surface area contributed by atoms with Crippen LogP contribution in [0.3, 0.4) is 0 Å². The number of aliphatic hydroxyl groups is 2. The van der Waals surface area contributed by atoms with Crippen molar-refractivity contribution in [2.45, 2.75) is 57.0 Å². The van der Waals surface area contributed by atoms with E-state index in [0.29, 0.717) is 6.42 Å². The highest BCUT2D eigenvalue weighted by molar-refractivity contribution is 5.67. The number of carboxylic acids is 1. The summed E-state index contributed by atoms with van der Waals surface area (Å²) < 4.78 is 10.8. The fourth-order valence-electron chi connectivity index (χ4n) is 2.57. The van der Waals surface area contributed by atoms with Crippen molar-refractivity contribution in [2.24, 2.45) is 5.92 Å². The molecule has 21 heavy (non-hydrogen) atoms. The molecule has 0 aromatic rings. The molecule has 1 rings (SSSR count). The van der Waals surface area contributed by atoms with E-state index in [0.717, 1.165) is 19.3 Å². The van der Waals surface area contributed by atoms with Gasteiger partial charge in [-0.3, -0.25) is 4.79 Å². The van der Waals surface area contributed by atoms with E-state index in [4.69, 9.17) is 14.6 Å². The van der Waals surface area contributed by atoms with Gasteiger partial charge >= 0.3 is 5.97 Å². The molecular weight excluding hydrogens is 276 g/mol. The van der Waals surface area contributed by atoms with Crippen LogP contribution in [-0.4, -0.2) is 53.0 Å². The van der Waals surface area contributed by atoms with E-state index in [1.807, 2.05) is 0 Å². The van der Waals surface area contributed by atoms with Crippen molar-refractivity contribution in [3.05, 3.63) is 12.2 Å². The number of rotatable bonds is 9. The highest BCUT2D eigenvalue weighted by atomic mass is 16.7. The van der Waals surface area contributed by atoms with Crippen molar-refractivity contribution < 1.29 is 29.6 Å². The molecular formula is C15H26O6. The van der Waals surface area contributed by atoms with Crippen LogP contribution in [0.4, 0.5) is 0 Å². The number of ether oxygens (including phenoxy) is 2. The Bertz CT molecular complexity index is 356. The van der Waals surface area contributed by atoms with Crippen LogP contribution in [0.1, 0.15) is 39.0 Å². The molecule has 0 aromatic heterocycles. The maximum absolute atomic E-state index is 10.9. The molecule has 0 radical (unpaired) electrons. The van der Waals surface area contributed by atoms with Crippen LogP contribution >= 0.6 is 0 Å². The molecule has 122 valence electrons. The predicted octanol–water partition coefficient (Wildman–Crippen LogP) is 1.31. The lowest BCUT2D eigenvalue weighted by atomic mass is 9.91. The molecule has 0 bridgehead atoms. The predicted molar refractivity (Wildman–Crippen MR) is 76.7 cm³/mol. The molecule has 1 saturated heterocycles. The van der Waals surface area contributed by atoms with E-state index in [-0.39, 0.29) is 13.0 Å². The zero-order chi connectivity index (χ0) is 15.9.